The van der Waals surface area contributed by atoms with Crippen molar-refractivity contribution in [3.8, 4) is 0 Å². The molecule has 62 valence electrons. The number of urea groups is 1. The van der Waals surface area contributed by atoms with E-state index in [1.54, 1.807) is 0 Å². The monoisotopic (exact) mass is 164 g/mol. The zero-order valence-corrected chi connectivity index (χ0v) is 6.40. The summed E-state index contributed by atoms with van der Waals surface area (Å²) in [4.78, 5) is 10.2. The van der Waals surface area contributed by atoms with Gasteiger partial charge in [-0.25, -0.2) is 10.2 Å². The lowest BCUT2D eigenvalue weighted by Crippen LogP contribution is -2.24. The number of nitrogens with two attached hydrogens (primary N) is 1. The Labute approximate surface area is 70.1 Å². The highest BCUT2D eigenvalue weighted by atomic mass is 16.2. The number of hydrogen-bond donors (Lipinski definition) is 2. The van der Waals surface area contributed by atoms with Crippen molar-refractivity contribution >= 4 is 12.2 Å². The van der Waals surface area contributed by atoms with E-state index in [2.05, 4.69) is 10.5 Å². The summed E-state index contributed by atoms with van der Waals surface area (Å²) in [6.07, 6.45) is 1.52. The van der Waals surface area contributed by atoms with Crippen LogP contribution in [0.15, 0.2) is 35.4 Å². The van der Waals surface area contributed by atoms with Gasteiger partial charge in [0.15, 0.2) is 0 Å². The van der Waals surface area contributed by atoms with Gasteiger partial charge < -0.3 is 5.73 Å². The summed E-state index contributed by atoms with van der Waals surface area (Å²) in [7, 11) is 0. The van der Waals surface area contributed by atoms with E-state index in [0.717, 1.165) is 5.56 Å². The van der Waals surface area contributed by atoms with E-state index in [0.29, 0.717) is 0 Å². The lowest BCUT2D eigenvalue weighted by atomic mass is 10.2. The number of hydrogen-bond acceptors (Lipinski definition) is 2. The summed E-state index contributed by atoms with van der Waals surface area (Å²) >= 11 is 0. The first-order chi connectivity index (χ1) is 5.79. The van der Waals surface area contributed by atoms with E-state index >= 15 is 0 Å². The van der Waals surface area contributed by atoms with Crippen LogP contribution >= 0.6 is 0 Å². The van der Waals surface area contributed by atoms with Gasteiger partial charge in [0, 0.05) is 0 Å². The minimum absolute atomic E-state index is 0.665. The number of carbonyl (C=O) groups excluding carboxylic acids is 1. The molecule has 0 aliphatic heterocycles. The van der Waals surface area contributed by atoms with Gasteiger partial charge in [0.05, 0.1) is 6.21 Å². The molecule has 0 aromatic heterocycles. The van der Waals surface area contributed by atoms with Gasteiger partial charge in [0.2, 0.25) is 0 Å². The summed E-state index contributed by atoms with van der Waals surface area (Å²) in [6.45, 7) is 0. The van der Waals surface area contributed by atoms with Gasteiger partial charge in [0.25, 0.3) is 0 Å². The van der Waals surface area contributed by atoms with Crippen molar-refractivity contribution in [2.75, 3.05) is 0 Å². The Morgan fingerprint density at radius 1 is 1.42 bits per heavy atom. The molecule has 0 aliphatic carbocycles. The van der Waals surface area contributed by atoms with Crippen LogP contribution in [-0.2, 0) is 0 Å². The van der Waals surface area contributed by atoms with Crippen molar-refractivity contribution in [1.82, 2.24) is 5.43 Å². The maximum absolute atomic E-state index is 10.2. The fourth-order valence-corrected chi connectivity index (χ4v) is 0.710. The highest BCUT2D eigenvalue weighted by Crippen LogP contribution is 1.92. The summed E-state index contributed by atoms with van der Waals surface area (Å²) < 4.78 is 0. The topological polar surface area (TPSA) is 67.5 Å². The second-order valence-electron chi connectivity index (χ2n) is 2.14. The lowest BCUT2D eigenvalue weighted by Gasteiger charge is -1.91. The van der Waals surface area contributed by atoms with E-state index in [-0.39, 0.29) is 0 Å². The summed E-state index contributed by atoms with van der Waals surface area (Å²) in [5.41, 5.74) is 7.80. The third-order valence-corrected chi connectivity index (χ3v) is 1.19. The van der Waals surface area contributed by atoms with Crippen LogP contribution in [0.3, 0.4) is 0 Å². The van der Waals surface area contributed by atoms with Crippen molar-refractivity contribution in [1.29, 1.82) is 0 Å². The molecule has 0 unspecified atom stereocenters. The number of rotatable bonds is 2. The zero-order chi connectivity index (χ0) is 8.81. The van der Waals surface area contributed by atoms with Gasteiger partial charge in [0.1, 0.15) is 0 Å². The molecule has 4 nitrogen and oxygen atoms in total. The first-order valence-electron chi connectivity index (χ1n) is 3.42. The largest absolute Gasteiger partial charge is 0.350 e. The van der Waals surface area contributed by atoms with Crippen molar-refractivity contribution < 1.29 is 4.79 Å². The van der Waals surface area contributed by atoms with Gasteiger partial charge >= 0.3 is 6.03 Å². The normalized spacial score (nSPS) is 10.0. The number of amides is 2. The van der Waals surface area contributed by atoms with Crippen LogP contribution in [0.4, 0.5) is 4.79 Å². The van der Waals surface area contributed by atoms with Crippen LogP contribution in [0.1, 0.15) is 5.56 Å². The molecule has 1 aromatic rings. The number of hydrazone groups is 1. The minimum atomic E-state index is -0.665. The highest BCUT2D eigenvalue weighted by Gasteiger charge is 1.85. The molecule has 0 saturated carbocycles. The molecular formula is C8H9N3O. The minimum Gasteiger partial charge on any atom is -0.350 e. The molecule has 0 fully saturated rings. The smallest absolute Gasteiger partial charge is 0.332 e. The Morgan fingerprint density at radius 2 is 2.08 bits per heavy atom. The number of benzene rings is 1. The molecule has 3 N–H and O–H groups in total. The summed E-state index contributed by atoms with van der Waals surface area (Å²) in [6, 6.07) is 8.73. The van der Waals surface area contributed by atoms with Crippen LogP contribution in [-0.4, -0.2) is 12.2 Å². The van der Waals surface area contributed by atoms with Crippen molar-refractivity contribution in [2.24, 2.45) is 10.8 Å². The Bertz CT molecular complexity index is 282. The summed E-state index contributed by atoms with van der Waals surface area (Å²) in [5, 5.41) is 3.59. The Hall–Kier alpha value is -1.84. The van der Waals surface area contributed by atoms with E-state index in [9.17, 15) is 4.79 Å². The third kappa shape index (κ3) is 2.83. The standard InChI is InChI=1S/C8H9N3O/c9-8(12)11-10-6-7-4-2-1-3-5-7/h1-6H,(H3,9,11,12)/i8+1. The molecule has 0 aliphatic rings. The maximum atomic E-state index is 10.2. The summed E-state index contributed by atoms with van der Waals surface area (Å²) in [5.74, 6) is 0. The number of primary amides is 1. The average Bonchev–Trinajstić information content (AvgIpc) is 2.05. The zero-order valence-electron chi connectivity index (χ0n) is 6.40. The van der Waals surface area contributed by atoms with E-state index in [4.69, 9.17) is 5.73 Å². The third-order valence-electron chi connectivity index (χ3n) is 1.19. The maximum Gasteiger partial charge on any atom is 0.332 e. The Morgan fingerprint density at radius 3 is 2.67 bits per heavy atom. The molecular weight excluding hydrogens is 155 g/mol. The molecule has 0 atom stereocenters. The van der Waals surface area contributed by atoms with Crippen molar-refractivity contribution in [3.63, 3.8) is 0 Å². The molecule has 0 spiro atoms. The second-order valence-corrected chi connectivity index (χ2v) is 2.14. The van der Waals surface area contributed by atoms with Gasteiger partial charge in [-0.1, -0.05) is 30.3 Å². The quantitative estimate of drug-likeness (QED) is 0.377. The lowest BCUT2D eigenvalue weighted by molar-refractivity contribution is 0.249. The fourth-order valence-electron chi connectivity index (χ4n) is 0.710. The first kappa shape index (κ1) is 8.26. The van der Waals surface area contributed by atoms with Crippen LogP contribution < -0.4 is 11.2 Å². The van der Waals surface area contributed by atoms with E-state index in [1.165, 1.54) is 6.21 Å². The predicted molar refractivity (Wildman–Crippen MR) is 46.8 cm³/mol. The molecule has 2 amide bonds. The van der Waals surface area contributed by atoms with E-state index < -0.39 is 6.03 Å². The van der Waals surface area contributed by atoms with Crippen LogP contribution in [0.2, 0.25) is 0 Å². The van der Waals surface area contributed by atoms with Crippen LogP contribution in [0.25, 0.3) is 0 Å². The SMILES string of the molecule is N[13C](=O)NN=Cc1ccccc1. The average molecular weight is 164 g/mol. The number of nitrogens with zero attached hydrogens (tertiary/aromatic N) is 1. The van der Waals surface area contributed by atoms with Gasteiger partial charge in [-0.15, -0.1) is 0 Å². The molecule has 1 aromatic carbocycles. The van der Waals surface area contributed by atoms with E-state index in [1.807, 2.05) is 30.3 Å². The fraction of sp³-hybridized carbons (Fsp3) is 0. The van der Waals surface area contributed by atoms with Crippen molar-refractivity contribution in [3.05, 3.63) is 35.9 Å². The molecule has 1 rings (SSSR count). The van der Waals surface area contributed by atoms with Gasteiger partial charge in [-0.2, -0.15) is 5.10 Å². The Kier molecular flexibility index (Phi) is 2.84. The molecule has 0 radical (unpaired) electrons. The molecule has 4 heteroatoms. The van der Waals surface area contributed by atoms with Gasteiger partial charge in [-0.3, -0.25) is 0 Å². The molecule has 0 heterocycles. The molecule has 0 bridgehead atoms. The Balaban J connectivity index is 2.52. The van der Waals surface area contributed by atoms with Crippen molar-refractivity contribution in [2.45, 2.75) is 0 Å². The number of nitrogens with one attached hydrogen (secondary N) is 1. The van der Waals surface area contributed by atoms with Crippen LogP contribution in [0.5, 0.6) is 0 Å². The van der Waals surface area contributed by atoms with Gasteiger partial charge in [-0.05, 0) is 5.56 Å². The predicted octanol–water partition coefficient (Wildman–Crippen LogP) is 0.689. The highest BCUT2D eigenvalue weighted by molar-refractivity contribution is 5.81. The van der Waals surface area contributed by atoms with Crippen LogP contribution in [0, 0.1) is 0 Å². The number of carbonyl (C=O) groups is 1. The molecule has 0 saturated heterocycles. The second kappa shape index (κ2) is 4.12. The first-order valence-corrected chi connectivity index (χ1v) is 3.42. The molecule has 12 heavy (non-hydrogen) atoms.